The maximum Gasteiger partial charge on any atom is 0.319 e. The Hall–Kier alpha value is -2.02. The molecule has 21 heavy (non-hydrogen) atoms. The van der Waals surface area contributed by atoms with Crippen LogP contribution in [0.2, 0.25) is 0 Å². The van der Waals surface area contributed by atoms with Crippen LogP contribution in [0.15, 0.2) is 33.9 Å². The molecule has 2 aromatic rings. The van der Waals surface area contributed by atoms with Crippen molar-refractivity contribution in [2.75, 3.05) is 7.11 Å². The zero-order chi connectivity index (χ0) is 15.2. The van der Waals surface area contributed by atoms with E-state index in [1.54, 1.807) is 6.92 Å². The largest absolute Gasteiger partial charge is 0.484 e. The number of nitrogens with zero attached hydrogens (tertiary/aromatic N) is 2. The molecule has 1 aromatic heterocycles. The normalized spacial score (nSPS) is 12.0. The number of methoxy groups -OCH3 is 1. The van der Waals surface area contributed by atoms with Crippen molar-refractivity contribution in [1.29, 1.82) is 0 Å². The monoisotopic (exact) mass is 308 g/mol. The summed E-state index contributed by atoms with van der Waals surface area (Å²) in [6, 6.07) is 7.68. The lowest BCUT2D eigenvalue weighted by Crippen LogP contribution is -2.14. The molecule has 0 N–H and O–H groups in total. The van der Waals surface area contributed by atoms with Crippen LogP contribution in [0.5, 0.6) is 5.75 Å². The molecular weight excluding hydrogens is 292 g/mol. The van der Waals surface area contributed by atoms with Crippen LogP contribution < -0.4 is 4.74 Å². The molecule has 6 nitrogen and oxygen atoms in total. The third-order valence-electron chi connectivity index (χ3n) is 2.61. The molecule has 0 aliphatic heterocycles. The zero-order valence-electron chi connectivity index (χ0n) is 12.0. The van der Waals surface area contributed by atoms with Crippen molar-refractivity contribution in [2.24, 2.45) is 0 Å². The summed E-state index contributed by atoms with van der Waals surface area (Å²) >= 11 is 1.15. The fourth-order valence-electron chi connectivity index (χ4n) is 1.56. The van der Waals surface area contributed by atoms with Crippen LogP contribution in [-0.2, 0) is 16.1 Å². The van der Waals surface area contributed by atoms with E-state index in [1.165, 1.54) is 7.11 Å². The third kappa shape index (κ3) is 4.49. The number of benzene rings is 1. The quantitative estimate of drug-likeness (QED) is 0.599. The van der Waals surface area contributed by atoms with E-state index in [9.17, 15) is 4.79 Å². The Kier molecular flexibility index (Phi) is 5.21. The molecular formula is C14H16N2O4S. The van der Waals surface area contributed by atoms with Crippen LogP contribution in [-0.4, -0.2) is 28.5 Å². The molecule has 0 aliphatic rings. The number of aromatic nitrogens is 2. The number of rotatable bonds is 6. The third-order valence-corrected chi connectivity index (χ3v) is 3.52. The van der Waals surface area contributed by atoms with Crippen molar-refractivity contribution < 1.29 is 18.7 Å². The van der Waals surface area contributed by atoms with Crippen molar-refractivity contribution in [3.63, 3.8) is 0 Å². The summed E-state index contributed by atoms with van der Waals surface area (Å²) in [5, 5.41) is 7.65. The lowest BCUT2D eigenvalue weighted by Gasteiger charge is -2.05. The Bertz CT molecular complexity index is 615. The highest BCUT2D eigenvalue weighted by Crippen LogP contribution is 2.23. The Morgan fingerprint density at radius 3 is 2.95 bits per heavy atom. The van der Waals surface area contributed by atoms with Crippen LogP contribution in [0.25, 0.3) is 0 Å². The predicted molar refractivity (Wildman–Crippen MR) is 77.1 cm³/mol. The van der Waals surface area contributed by atoms with E-state index in [0.717, 1.165) is 23.1 Å². The fraction of sp³-hybridized carbons (Fsp3) is 0.357. The molecule has 7 heteroatoms. The average molecular weight is 308 g/mol. The van der Waals surface area contributed by atoms with E-state index < -0.39 is 5.25 Å². The van der Waals surface area contributed by atoms with Gasteiger partial charge < -0.3 is 13.9 Å². The van der Waals surface area contributed by atoms with Crippen LogP contribution in [0.4, 0.5) is 0 Å². The smallest absolute Gasteiger partial charge is 0.319 e. The number of ether oxygens (including phenoxy) is 2. The van der Waals surface area contributed by atoms with Gasteiger partial charge in [-0.2, -0.15) is 0 Å². The molecule has 1 heterocycles. The van der Waals surface area contributed by atoms with Crippen molar-refractivity contribution >= 4 is 17.7 Å². The van der Waals surface area contributed by atoms with Gasteiger partial charge in [-0.25, -0.2) is 0 Å². The van der Waals surface area contributed by atoms with Gasteiger partial charge in [-0.1, -0.05) is 23.9 Å². The second kappa shape index (κ2) is 7.12. The van der Waals surface area contributed by atoms with E-state index in [1.807, 2.05) is 31.2 Å². The first-order valence-electron chi connectivity index (χ1n) is 6.35. The minimum Gasteiger partial charge on any atom is -0.484 e. The topological polar surface area (TPSA) is 74.5 Å². The van der Waals surface area contributed by atoms with Crippen LogP contribution in [0, 0.1) is 6.92 Å². The van der Waals surface area contributed by atoms with Gasteiger partial charge in [0.2, 0.25) is 0 Å². The average Bonchev–Trinajstić information content (AvgIpc) is 2.92. The van der Waals surface area contributed by atoms with Gasteiger partial charge in [0, 0.05) is 0 Å². The minimum atomic E-state index is -0.402. The Morgan fingerprint density at radius 2 is 2.24 bits per heavy atom. The van der Waals surface area contributed by atoms with Crippen LogP contribution in [0.1, 0.15) is 18.4 Å². The number of esters is 1. The summed E-state index contributed by atoms with van der Waals surface area (Å²) in [6.07, 6.45) is 0. The lowest BCUT2D eigenvalue weighted by atomic mass is 10.2. The summed E-state index contributed by atoms with van der Waals surface area (Å²) in [5.74, 6) is 0.761. The van der Waals surface area contributed by atoms with Crippen LogP contribution >= 0.6 is 11.8 Å². The van der Waals surface area contributed by atoms with E-state index in [0.29, 0.717) is 11.1 Å². The van der Waals surface area contributed by atoms with Gasteiger partial charge >= 0.3 is 5.97 Å². The fourth-order valence-corrected chi connectivity index (χ4v) is 2.29. The molecule has 0 amide bonds. The summed E-state index contributed by atoms with van der Waals surface area (Å²) in [5.41, 5.74) is 1.11. The second-order valence-electron chi connectivity index (χ2n) is 4.35. The summed E-state index contributed by atoms with van der Waals surface area (Å²) in [7, 11) is 1.34. The van der Waals surface area contributed by atoms with Gasteiger partial charge in [0.15, 0.2) is 6.61 Å². The lowest BCUT2D eigenvalue weighted by molar-refractivity contribution is -0.139. The van der Waals surface area contributed by atoms with Crippen molar-refractivity contribution in [1.82, 2.24) is 10.2 Å². The number of carbonyl (C=O) groups is 1. The highest BCUT2D eigenvalue weighted by molar-refractivity contribution is 8.00. The van der Waals surface area contributed by atoms with E-state index in [2.05, 4.69) is 14.9 Å². The van der Waals surface area contributed by atoms with Gasteiger partial charge in [0.25, 0.3) is 11.1 Å². The number of carbonyl (C=O) groups excluding carboxylic acids is 1. The molecule has 0 aliphatic carbocycles. The maximum atomic E-state index is 11.3. The predicted octanol–water partition coefficient (Wildman–Crippen LogP) is 2.61. The Labute approximate surface area is 126 Å². The first-order valence-corrected chi connectivity index (χ1v) is 7.23. The molecule has 0 radical (unpaired) electrons. The van der Waals surface area contributed by atoms with Gasteiger partial charge in [-0.3, -0.25) is 4.79 Å². The molecule has 0 unspecified atom stereocenters. The molecule has 0 spiro atoms. The highest BCUT2D eigenvalue weighted by atomic mass is 32.2. The van der Waals surface area contributed by atoms with Crippen LogP contribution in [0.3, 0.4) is 0 Å². The SMILES string of the molecule is COC(=O)[C@@H](C)Sc1nnc(COc2cccc(C)c2)o1. The van der Waals surface area contributed by atoms with Gasteiger partial charge in [-0.05, 0) is 31.5 Å². The molecule has 1 atom stereocenters. The standard InChI is InChI=1S/C14H16N2O4S/c1-9-5-4-6-11(7-9)19-8-12-15-16-14(20-12)21-10(2)13(17)18-3/h4-7,10H,8H2,1-3H3/t10-/m1/s1. The number of hydrogen-bond donors (Lipinski definition) is 0. The Balaban J connectivity index is 1.90. The van der Waals surface area contributed by atoms with E-state index in [-0.39, 0.29) is 12.6 Å². The highest BCUT2D eigenvalue weighted by Gasteiger charge is 2.18. The number of thioether (sulfide) groups is 1. The molecule has 0 saturated heterocycles. The molecule has 0 saturated carbocycles. The first-order chi connectivity index (χ1) is 10.1. The minimum absolute atomic E-state index is 0.184. The van der Waals surface area contributed by atoms with Crippen molar-refractivity contribution in [3.8, 4) is 5.75 Å². The molecule has 2 rings (SSSR count). The summed E-state index contributed by atoms with van der Waals surface area (Å²) in [4.78, 5) is 11.3. The molecule has 0 bridgehead atoms. The van der Waals surface area contributed by atoms with E-state index in [4.69, 9.17) is 9.15 Å². The van der Waals surface area contributed by atoms with E-state index >= 15 is 0 Å². The summed E-state index contributed by atoms with van der Waals surface area (Å²) in [6.45, 7) is 3.88. The van der Waals surface area contributed by atoms with Gasteiger partial charge in [-0.15, -0.1) is 10.2 Å². The van der Waals surface area contributed by atoms with Crippen molar-refractivity contribution in [2.45, 2.75) is 30.9 Å². The van der Waals surface area contributed by atoms with Gasteiger partial charge in [0.05, 0.1) is 7.11 Å². The first kappa shape index (κ1) is 15.4. The second-order valence-corrected chi connectivity index (χ2v) is 5.64. The zero-order valence-corrected chi connectivity index (χ0v) is 12.8. The Morgan fingerprint density at radius 1 is 1.43 bits per heavy atom. The molecule has 112 valence electrons. The van der Waals surface area contributed by atoms with Crippen molar-refractivity contribution in [3.05, 3.63) is 35.7 Å². The maximum absolute atomic E-state index is 11.3. The molecule has 1 aromatic carbocycles. The van der Waals surface area contributed by atoms with Gasteiger partial charge in [0.1, 0.15) is 11.0 Å². The summed E-state index contributed by atoms with van der Waals surface area (Å²) < 4.78 is 15.6. The molecule has 0 fully saturated rings. The number of aryl methyl sites for hydroxylation is 1. The number of hydrogen-bond acceptors (Lipinski definition) is 7.